The van der Waals surface area contributed by atoms with Gasteiger partial charge in [-0.2, -0.15) is 22.0 Å². The average Bonchev–Trinajstić information content (AvgIpc) is 2.83. The molecule has 0 saturated heterocycles. The lowest BCUT2D eigenvalue weighted by molar-refractivity contribution is -0.187. The molecule has 0 N–H and O–H groups in total. The van der Waals surface area contributed by atoms with Crippen molar-refractivity contribution in [3.05, 3.63) is 64.5 Å². The molecule has 0 atom stereocenters. The molecule has 2 saturated carbocycles. The molecule has 4 rings (SSSR count). The van der Waals surface area contributed by atoms with E-state index in [4.69, 9.17) is 0 Å². The van der Waals surface area contributed by atoms with Gasteiger partial charge in [0.2, 0.25) is 0 Å². The highest BCUT2D eigenvalue weighted by Gasteiger charge is 2.41. The summed E-state index contributed by atoms with van der Waals surface area (Å²) in [7, 11) is 0. The fraction of sp³-hybridized carbons (Fsp3) is 0.586. The molecule has 2 aromatic carbocycles. The highest BCUT2D eigenvalue weighted by molar-refractivity contribution is 5.34. The van der Waals surface area contributed by atoms with Crippen LogP contribution < -0.4 is 4.74 Å². The van der Waals surface area contributed by atoms with Crippen molar-refractivity contribution in [1.82, 2.24) is 0 Å². The summed E-state index contributed by atoms with van der Waals surface area (Å²) in [5, 5.41) is 0. The molecule has 38 heavy (non-hydrogen) atoms. The lowest BCUT2D eigenvalue weighted by atomic mass is 9.68. The Hall–Kier alpha value is -2.32. The second-order valence-corrected chi connectivity index (χ2v) is 10.8. The third kappa shape index (κ3) is 6.45. The Morgan fingerprint density at radius 1 is 0.737 bits per heavy atom. The summed E-state index contributed by atoms with van der Waals surface area (Å²) < 4.78 is 114. The minimum absolute atomic E-state index is 0.000799. The van der Waals surface area contributed by atoms with Crippen LogP contribution in [0.1, 0.15) is 93.7 Å². The van der Waals surface area contributed by atoms with Gasteiger partial charge in [0.05, 0.1) is 5.56 Å². The number of alkyl halides is 5. The minimum atomic E-state index is -5.36. The highest BCUT2D eigenvalue weighted by atomic mass is 19.4. The van der Waals surface area contributed by atoms with E-state index in [1.54, 1.807) is 0 Å². The number of hydrogen-bond acceptors (Lipinski definition) is 1. The first-order chi connectivity index (χ1) is 17.9. The minimum Gasteiger partial charge on any atom is -0.429 e. The molecular formula is C29H32F8O. The van der Waals surface area contributed by atoms with Crippen molar-refractivity contribution in [2.45, 2.75) is 89.3 Å². The van der Waals surface area contributed by atoms with Gasteiger partial charge in [-0.05, 0) is 79.9 Å². The predicted molar refractivity (Wildman–Crippen MR) is 127 cm³/mol. The van der Waals surface area contributed by atoms with Crippen molar-refractivity contribution in [3.63, 3.8) is 0 Å². The zero-order valence-electron chi connectivity index (χ0n) is 21.2. The molecule has 0 amide bonds. The first-order valence-corrected chi connectivity index (χ1v) is 13.3. The normalized spacial score (nSPS) is 24.9. The number of halogens is 8. The Balaban J connectivity index is 1.39. The molecule has 210 valence electrons. The molecular weight excluding hydrogens is 516 g/mol. The SMILES string of the molecule is CCCC1CCC(C2CCC(c3ccc(C(F)(F)Oc4cc(F)c(C(F)(F)F)c(F)c4)c(F)c3)CC2)CC1. The van der Waals surface area contributed by atoms with E-state index < -0.39 is 46.6 Å². The smallest absolute Gasteiger partial charge is 0.429 e. The summed E-state index contributed by atoms with van der Waals surface area (Å²) in [6.07, 6.45) is 1.59. The van der Waals surface area contributed by atoms with Crippen molar-refractivity contribution in [2.24, 2.45) is 17.8 Å². The molecule has 0 radical (unpaired) electrons. The predicted octanol–water partition coefficient (Wildman–Crippen LogP) is 10.1. The van der Waals surface area contributed by atoms with E-state index in [1.807, 2.05) is 0 Å². The van der Waals surface area contributed by atoms with Gasteiger partial charge in [0.25, 0.3) is 0 Å². The van der Waals surface area contributed by atoms with E-state index in [-0.39, 0.29) is 18.1 Å². The van der Waals surface area contributed by atoms with E-state index in [0.717, 1.165) is 49.7 Å². The summed E-state index contributed by atoms with van der Waals surface area (Å²) in [5.74, 6) is -4.42. The maximum Gasteiger partial charge on any atom is 0.429 e. The summed E-state index contributed by atoms with van der Waals surface area (Å²) in [4.78, 5) is 0. The van der Waals surface area contributed by atoms with Crippen molar-refractivity contribution in [3.8, 4) is 5.75 Å². The summed E-state index contributed by atoms with van der Waals surface area (Å²) >= 11 is 0. The van der Waals surface area contributed by atoms with E-state index in [1.165, 1.54) is 44.6 Å². The van der Waals surface area contributed by atoms with Crippen LogP contribution in [-0.2, 0) is 12.3 Å². The van der Waals surface area contributed by atoms with Gasteiger partial charge >= 0.3 is 12.3 Å². The molecule has 2 aliphatic carbocycles. The topological polar surface area (TPSA) is 9.23 Å². The second-order valence-electron chi connectivity index (χ2n) is 10.8. The molecule has 0 heterocycles. The van der Waals surface area contributed by atoms with Crippen LogP contribution in [0.2, 0.25) is 0 Å². The van der Waals surface area contributed by atoms with E-state index in [2.05, 4.69) is 11.7 Å². The first kappa shape index (κ1) is 28.7. The number of rotatable bonds is 7. The Morgan fingerprint density at radius 2 is 1.29 bits per heavy atom. The molecule has 2 aliphatic rings. The van der Waals surface area contributed by atoms with Crippen LogP contribution in [0.25, 0.3) is 0 Å². The van der Waals surface area contributed by atoms with Gasteiger partial charge in [0.1, 0.15) is 28.8 Å². The van der Waals surface area contributed by atoms with E-state index >= 15 is 0 Å². The third-order valence-corrected chi connectivity index (χ3v) is 8.35. The van der Waals surface area contributed by atoms with Crippen LogP contribution in [-0.4, -0.2) is 0 Å². The molecule has 0 aromatic heterocycles. The van der Waals surface area contributed by atoms with Crippen molar-refractivity contribution in [1.29, 1.82) is 0 Å². The monoisotopic (exact) mass is 548 g/mol. The van der Waals surface area contributed by atoms with Crippen LogP contribution >= 0.6 is 0 Å². The van der Waals surface area contributed by atoms with E-state index in [0.29, 0.717) is 11.5 Å². The van der Waals surface area contributed by atoms with Crippen LogP contribution in [0.15, 0.2) is 30.3 Å². The van der Waals surface area contributed by atoms with Crippen LogP contribution in [0.5, 0.6) is 5.75 Å². The largest absolute Gasteiger partial charge is 0.429 e. The van der Waals surface area contributed by atoms with Crippen molar-refractivity contribution < 1.29 is 39.9 Å². The first-order valence-electron chi connectivity index (χ1n) is 13.3. The number of hydrogen-bond donors (Lipinski definition) is 0. The van der Waals surface area contributed by atoms with Gasteiger partial charge < -0.3 is 4.74 Å². The summed E-state index contributed by atoms with van der Waals surface area (Å²) in [5.41, 5.74) is -2.79. The highest BCUT2D eigenvalue weighted by Crippen LogP contribution is 2.45. The zero-order chi connectivity index (χ0) is 27.7. The van der Waals surface area contributed by atoms with Crippen molar-refractivity contribution in [2.75, 3.05) is 0 Å². The van der Waals surface area contributed by atoms with Gasteiger partial charge in [-0.3, -0.25) is 0 Å². The summed E-state index contributed by atoms with van der Waals surface area (Å²) in [6.45, 7) is 2.22. The lowest BCUT2D eigenvalue weighted by Crippen LogP contribution is -2.26. The molecule has 2 aromatic rings. The van der Waals surface area contributed by atoms with Gasteiger partial charge in [0.15, 0.2) is 0 Å². The van der Waals surface area contributed by atoms with Crippen LogP contribution in [0, 0.1) is 35.2 Å². The van der Waals surface area contributed by atoms with Crippen molar-refractivity contribution >= 4 is 0 Å². The second kappa shape index (κ2) is 11.4. The molecule has 0 aliphatic heterocycles. The molecule has 0 bridgehead atoms. The number of ether oxygens (including phenoxy) is 1. The lowest BCUT2D eigenvalue weighted by Gasteiger charge is -2.38. The molecule has 0 spiro atoms. The molecule has 2 fully saturated rings. The molecule has 9 heteroatoms. The van der Waals surface area contributed by atoms with E-state index in [9.17, 15) is 35.1 Å². The standard InChI is InChI=1S/C29H32F8O/c1-2-3-17-4-6-18(7-5-17)19-8-10-20(11-9-19)21-12-13-23(24(30)14-21)29(36,37)38-22-15-25(31)27(26(32)16-22)28(33,34)35/h12-20H,2-11H2,1H3. The maximum atomic E-state index is 14.8. The fourth-order valence-electron chi connectivity index (χ4n) is 6.38. The van der Waals surface area contributed by atoms with Gasteiger partial charge in [-0.15, -0.1) is 0 Å². The fourth-order valence-corrected chi connectivity index (χ4v) is 6.38. The van der Waals surface area contributed by atoms with Crippen LogP contribution in [0.4, 0.5) is 35.1 Å². The Labute approximate surface area is 217 Å². The van der Waals surface area contributed by atoms with Gasteiger partial charge in [0, 0.05) is 12.1 Å². The summed E-state index contributed by atoms with van der Waals surface area (Å²) in [6, 6.07) is 3.29. The Kier molecular flexibility index (Phi) is 8.62. The Morgan fingerprint density at radius 3 is 1.79 bits per heavy atom. The van der Waals surface area contributed by atoms with Gasteiger partial charge in [-0.1, -0.05) is 38.7 Å². The third-order valence-electron chi connectivity index (χ3n) is 8.35. The zero-order valence-corrected chi connectivity index (χ0v) is 21.2. The molecule has 0 unspecified atom stereocenters. The number of benzene rings is 2. The van der Waals surface area contributed by atoms with Crippen LogP contribution in [0.3, 0.4) is 0 Å². The molecule has 1 nitrogen and oxygen atoms in total. The maximum absolute atomic E-state index is 14.8. The Bertz CT molecular complexity index is 1070. The van der Waals surface area contributed by atoms with Gasteiger partial charge in [-0.25, -0.2) is 13.2 Å². The average molecular weight is 549 g/mol. The quantitative estimate of drug-likeness (QED) is 0.313.